The molecule has 0 radical (unpaired) electrons. The standard InChI is InChI=1S/C14H14N2O5S/c1-5(17)10-8-3-7(6-2-9(12(15)18)22-4-6)11(14(20)21)16(8)13(10)19/h2,4-5,8,10,17H,3H2,1H3,(H2,15,18)(H,20,21)/p-1/t5-,8-,10-/m1/s1. The third-order valence-electron chi connectivity index (χ3n) is 4.11. The normalized spacial score (nSPS) is 25.0. The second kappa shape index (κ2) is 4.92. The van der Waals surface area contributed by atoms with Crippen molar-refractivity contribution in [2.24, 2.45) is 11.7 Å². The molecule has 0 saturated carbocycles. The second-order valence-electron chi connectivity index (χ2n) is 5.42. The third-order valence-corrected chi connectivity index (χ3v) is 5.06. The molecule has 2 amide bonds. The summed E-state index contributed by atoms with van der Waals surface area (Å²) in [6.45, 7) is 1.51. The fourth-order valence-corrected chi connectivity index (χ4v) is 3.92. The Labute approximate surface area is 129 Å². The van der Waals surface area contributed by atoms with Crippen LogP contribution in [0.25, 0.3) is 5.57 Å². The van der Waals surface area contributed by atoms with Gasteiger partial charge in [0.15, 0.2) is 0 Å². The van der Waals surface area contributed by atoms with E-state index in [9.17, 15) is 24.6 Å². The number of nitrogens with zero attached hydrogens (tertiary/aromatic N) is 1. The van der Waals surface area contributed by atoms with E-state index in [-0.39, 0.29) is 11.7 Å². The van der Waals surface area contributed by atoms with Crippen LogP contribution in [-0.4, -0.2) is 39.9 Å². The van der Waals surface area contributed by atoms with Crippen LogP contribution in [0.5, 0.6) is 0 Å². The fraction of sp³-hybridized carbons (Fsp3) is 0.357. The number of amides is 2. The van der Waals surface area contributed by atoms with Crippen molar-refractivity contribution in [2.75, 3.05) is 0 Å². The quantitative estimate of drug-likeness (QED) is 0.683. The van der Waals surface area contributed by atoms with Crippen molar-refractivity contribution in [3.05, 3.63) is 27.6 Å². The molecule has 3 N–H and O–H groups in total. The third kappa shape index (κ3) is 1.95. The van der Waals surface area contributed by atoms with Gasteiger partial charge in [-0.2, -0.15) is 0 Å². The lowest BCUT2D eigenvalue weighted by Gasteiger charge is -2.45. The van der Waals surface area contributed by atoms with Gasteiger partial charge in [-0.25, -0.2) is 0 Å². The minimum Gasteiger partial charge on any atom is -0.543 e. The average Bonchev–Trinajstić information content (AvgIpc) is 2.99. The maximum Gasteiger partial charge on any atom is 0.258 e. The number of carboxylic acid groups (broad SMARTS) is 1. The Morgan fingerprint density at radius 3 is 2.73 bits per heavy atom. The molecular formula is C14H13N2O5S-. The van der Waals surface area contributed by atoms with Gasteiger partial charge in [-0.3, -0.25) is 9.59 Å². The molecule has 0 unspecified atom stereocenters. The Hall–Kier alpha value is -2.19. The molecule has 1 fully saturated rings. The molecule has 7 nitrogen and oxygen atoms in total. The lowest BCUT2D eigenvalue weighted by molar-refractivity contribution is -0.301. The van der Waals surface area contributed by atoms with E-state index < -0.39 is 29.8 Å². The lowest BCUT2D eigenvalue weighted by atomic mass is 9.82. The van der Waals surface area contributed by atoms with Gasteiger partial charge in [0.05, 0.1) is 34.6 Å². The molecule has 0 aromatic carbocycles. The Balaban J connectivity index is 2.01. The van der Waals surface area contributed by atoms with E-state index in [1.54, 1.807) is 5.38 Å². The van der Waals surface area contributed by atoms with Crippen molar-refractivity contribution >= 4 is 34.7 Å². The van der Waals surface area contributed by atoms with E-state index in [4.69, 9.17) is 5.73 Å². The maximum atomic E-state index is 12.1. The van der Waals surface area contributed by atoms with E-state index in [0.29, 0.717) is 22.4 Å². The van der Waals surface area contributed by atoms with E-state index in [0.717, 1.165) is 11.3 Å². The van der Waals surface area contributed by atoms with E-state index in [1.807, 2.05) is 0 Å². The van der Waals surface area contributed by atoms with Crippen molar-refractivity contribution in [2.45, 2.75) is 25.5 Å². The molecule has 0 spiro atoms. The summed E-state index contributed by atoms with van der Waals surface area (Å²) in [4.78, 5) is 36.1. The van der Waals surface area contributed by atoms with Crippen LogP contribution in [0.15, 0.2) is 17.1 Å². The van der Waals surface area contributed by atoms with Gasteiger partial charge in [-0.15, -0.1) is 11.3 Å². The van der Waals surface area contributed by atoms with Crippen LogP contribution in [0.3, 0.4) is 0 Å². The van der Waals surface area contributed by atoms with Crippen molar-refractivity contribution in [1.29, 1.82) is 0 Å². The molecule has 1 saturated heterocycles. The molecule has 3 atom stereocenters. The summed E-state index contributed by atoms with van der Waals surface area (Å²) in [6, 6.07) is 1.13. The van der Waals surface area contributed by atoms with Crippen LogP contribution in [0.2, 0.25) is 0 Å². The minimum absolute atomic E-state index is 0.180. The largest absolute Gasteiger partial charge is 0.543 e. The van der Waals surface area contributed by atoms with Crippen LogP contribution in [-0.2, 0) is 9.59 Å². The Morgan fingerprint density at radius 1 is 1.55 bits per heavy atom. The smallest absolute Gasteiger partial charge is 0.258 e. The van der Waals surface area contributed by atoms with Gasteiger partial charge in [0.25, 0.3) is 5.91 Å². The molecule has 116 valence electrons. The van der Waals surface area contributed by atoms with Crippen molar-refractivity contribution in [1.82, 2.24) is 4.90 Å². The Bertz CT molecular complexity index is 721. The highest BCUT2D eigenvalue weighted by atomic mass is 32.1. The van der Waals surface area contributed by atoms with Gasteiger partial charge in [0.1, 0.15) is 0 Å². The van der Waals surface area contributed by atoms with Crippen molar-refractivity contribution in [3.8, 4) is 0 Å². The van der Waals surface area contributed by atoms with Crippen LogP contribution < -0.4 is 10.8 Å². The first-order valence-corrected chi connectivity index (χ1v) is 7.55. The first-order chi connectivity index (χ1) is 10.3. The molecule has 0 bridgehead atoms. The predicted molar refractivity (Wildman–Crippen MR) is 75.2 cm³/mol. The molecule has 0 aliphatic carbocycles. The number of carbonyl (C=O) groups is 3. The second-order valence-corrected chi connectivity index (χ2v) is 6.34. The monoisotopic (exact) mass is 321 g/mol. The van der Waals surface area contributed by atoms with Crippen molar-refractivity contribution in [3.63, 3.8) is 0 Å². The predicted octanol–water partition coefficient (Wildman–Crippen LogP) is -1.08. The summed E-state index contributed by atoms with van der Waals surface area (Å²) in [6.07, 6.45) is -0.542. The SMILES string of the molecule is C[C@@H](O)[C@H]1C(=O)N2C(C(=O)[O-])=C(c3csc(C(N)=O)c3)C[C@H]12. The first kappa shape index (κ1) is 14.7. The Morgan fingerprint density at radius 2 is 2.23 bits per heavy atom. The van der Waals surface area contributed by atoms with Crippen LogP contribution in [0.4, 0.5) is 0 Å². The summed E-state index contributed by atoms with van der Waals surface area (Å²) < 4.78 is 0. The number of primary amides is 1. The number of carboxylic acids is 1. The van der Waals surface area contributed by atoms with E-state index in [2.05, 4.69) is 0 Å². The highest BCUT2D eigenvalue weighted by molar-refractivity contribution is 7.12. The van der Waals surface area contributed by atoms with Gasteiger partial charge in [-0.05, 0) is 35.9 Å². The molecule has 2 aliphatic heterocycles. The van der Waals surface area contributed by atoms with Gasteiger partial charge in [0.2, 0.25) is 5.91 Å². The molecule has 2 aliphatic rings. The van der Waals surface area contributed by atoms with Gasteiger partial charge in [-0.1, -0.05) is 0 Å². The molecule has 1 aromatic rings. The zero-order valence-corrected chi connectivity index (χ0v) is 12.4. The number of carbonyl (C=O) groups excluding carboxylic acids is 3. The summed E-state index contributed by atoms with van der Waals surface area (Å²) >= 11 is 1.11. The fourth-order valence-electron chi connectivity index (χ4n) is 3.14. The first-order valence-electron chi connectivity index (χ1n) is 6.67. The number of nitrogens with two attached hydrogens (primary N) is 1. The van der Waals surface area contributed by atoms with Gasteiger partial charge >= 0.3 is 0 Å². The number of thiophene rings is 1. The Kier molecular flexibility index (Phi) is 3.30. The highest BCUT2D eigenvalue weighted by Crippen LogP contribution is 2.47. The topological polar surface area (TPSA) is 124 Å². The highest BCUT2D eigenvalue weighted by Gasteiger charge is 2.55. The van der Waals surface area contributed by atoms with E-state index in [1.165, 1.54) is 17.9 Å². The van der Waals surface area contributed by atoms with Gasteiger partial charge < -0.3 is 25.6 Å². The van der Waals surface area contributed by atoms with Crippen molar-refractivity contribution < 1.29 is 24.6 Å². The summed E-state index contributed by atoms with van der Waals surface area (Å²) in [7, 11) is 0. The zero-order chi connectivity index (χ0) is 16.2. The van der Waals surface area contributed by atoms with Crippen LogP contribution in [0.1, 0.15) is 28.6 Å². The average molecular weight is 321 g/mol. The summed E-state index contributed by atoms with van der Waals surface area (Å²) in [5.74, 6) is -3.06. The van der Waals surface area contributed by atoms with E-state index >= 15 is 0 Å². The molecule has 3 heterocycles. The van der Waals surface area contributed by atoms with Crippen LogP contribution in [0, 0.1) is 5.92 Å². The maximum absolute atomic E-state index is 12.1. The van der Waals surface area contributed by atoms with Gasteiger partial charge in [0, 0.05) is 0 Å². The number of β-lactam (4-membered cyclic amide) rings is 1. The number of aliphatic hydroxyl groups excluding tert-OH is 1. The number of fused-ring (bicyclic) bond motifs is 1. The molecule has 1 aromatic heterocycles. The summed E-state index contributed by atoms with van der Waals surface area (Å²) in [5.41, 5.74) is 6.00. The molecule has 22 heavy (non-hydrogen) atoms. The van der Waals surface area contributed by atoms with Crippen LogP contribution >= 0.6 is 11.3 Å². The number of aliphatic carboxylic acids is 1. The number of hydrogen-bond donors (Lipinski definition) is 2. The zero-order valence-electron chi connectivity index (χ0n) is 11.6. The lowest BCUT2D eigenvalue weighted by Crippen LogP contribution is -2.62. The number of aliphatic hydroxyl groups is 1. The molecule has 8 heteroatoms. The minimum atomic E-state index is -1.44. The number of hydrogen-bond acceptors (Lipinski definition) is 6. The number of rotatable bonds is 4. The molecule has 3 rings (SSSR count). The summed E-state index contributed by atoms with van der Waals surface area (Å²) in [5, 5.41) is 22.7. The molecular weight excluding hydrogens is 308 g/mol.